The van der Waals surface area contributed by atoms with Gasteiger partial charge in [-0.15, -0.1) is 4.99 Å². The molecule has 0 aromatic heterocycles. The molecule has 0 radical (unpaired) electrons. The minimum atomic E-state index is -1.27. The van der Waals surface area contributed by atoms with Crippen LogP contribution in [0.25, 0.3) is 0 Å². The van der Waals surface area contributed by atoms with Crippen LogP contribution in [0.1, 0.15) is 5.56 Å². The number of esters is 1. The molecule has 1 rings (SSSR count). The van der Waals surface area contributed by atoms with E-state index in [4.69, 9.17) is 4.74 Å². The SMILES string of the molecule is Cc1ccccc1OC(=O)C(=O)N=C=O. The van der Waals surface area contributed by atoms with Crippen molar-refractivity contribution in [2.75, 3.05) is 0 Å². The lowest BCUT2D eigenvalue weighted by molar-refractivity contribution is -0.146. The number of hydrogen-bond acceptors (Lipinski definition) is 4. The number of carbonyl (C=O) groups excluding carboxylic acids is 3. The van der Waals surface area contributed by atoms with Gasteiger partial charge in [-0.2, -0.15) is 0 Å². The zero-order valence-corrected chi connectivity index (χ0v) is 7.89. The minimum Gasteiger partial charge on any atom is -0.419 e. The Morgan fingerprint density at radius 2 is 2.00 bits per heavy atom. The number of benzene rings is 1. The second kappa shape index (κ2) is 4.83. The van der Waals surface area contributed by atoms with E-state index in [1.807, 2.05) is 0 Å². The highest BCUT2D eigenvalue weighted by atomic mass is 16.5. The van der Waals surface area contributed by atoms with Gasteiger partial charge in [-0.3, -0.25) is 4.79 Å². The quantitative estimate of drug-likeness (QED) is 0.223. The smallest absolute Gasteiger partial charge is 0.405 e. The van der Waals surface area contributed by atoms with Crippen LogP contribution in [0, 0.1) is 6.92 Å². The van der Waals surface area contributed by atoms with Crippen LogP contribution in [0.2, 0.25) is 0 Å². The van der Waals surface area contributed by atoms with E-state index in [0.717, 1.165) is 6.08 Å². The highest BCUT2D eigenvalue weighted by Crippen LogP contribution is 2.16. The molecular formula is C10H7NO4. The van der Waals surface area contributed by atoms with E-state index in [2.05, 4.69) is 4.99 Å². The highest BCUT2D eigenvalue weighted by Gasteiger charge is 2.16. The van der Waals surface area contributed by atoms with Gasteiger partial charge >= 0.3 is 11.9 Å². The van der Waals surface area contributed by atoms with Gasteiger partial charge in [0.1, 0.15) is 5.75 Å². The van der Waals surface area contributed by atoms with Gasteiger partial charge in [0.15, 0.2) is 0 Å². The summed E-state index contributed by atoms with van der Waals surface area (Å²) in [5.41, 5.74) is 0.703. The third-order valence-electron chi connectivity index (χ3n) is 1.62. The number of aryl methyl sites for hydroxylation is 1. The summed E-state index contributed by atoms with van der Waals surface area (Å²) in [6, 6.07) is 6.67. The molecule has 0 spiro atoms. The molecule has 0 aliphatic heterocycles. The Labute approximate surface area is 85.4 Å². The number of para-hydroxylation sites is 1. The molecule has 0 heterocycles. The zero-order chi connectivity index (χ0) is 11.3. The van der Waals surface area contributed by atoms with E-state index >= 15 is 0 Å². The van der Waals surface area contributed by atoms with Crippen molar-refractivity contribution in [2.45, 2.75) is 6.92 Å². The van der Waals surface area contributed by atoms with E-state index in [1.54, 1.807) is 25.1 Å². The predicted octanol–water partition coefficient (Wildman–Crippen LogP) is 0.763. The third-order valence-corrected chi connectivity index (χ3v) is 1.62. The van der Waals surface area contributed by atoms with Gasteiger partial charge in [0.2, 0.25) is 6.08 Å². The van der Waals surface area contributed by atoms with Crippen molar-refractivity contribution < 1.29 is 19.1 Å². The Morgan fingerprint density at radius 3 is 2.60 bits per heavy atom. The van der Waals surface area contributed by atoms with E-state index in [0.29, 0.717) is 5.56 Å². The van der Waals surface area contributed by atoms with Crippen molar-refractivity contribution in [2.24, 2.45) is 4.99 Å². The van der Waals surface area contributed by atoms with Gasteiger partial charge in [-0.25, -0.2) is 9.59 Å². The van der Waals surface area contributed by atoms with Crippen molar-refractivity contribution >= 4 is 18.0 Å². The van der Waals surface area contributed by atoms with Crippen molar-refractivity contribution in [3.05, 3.63) is 29.8 Å². The predicted molar refractivity (Wildman–Crippen MR) is 49.9 cm³/mol. The summed E-state index contributed by atoms with van der Waals surface area (Å²) in [4.78, 5) is 34.1. The number of amides is 1. The van der Waals surface area contributed by atoms with Crippen molar-refractivity contribution in [1.82, 2.24) is 0 Å². The van der Waals surface area contributed by atoms with Crippen LogP contribution in [0.3, 0.4) is 0 Å². The Kier molecular flexibility index (Phi) is 3.49. The molecule has 0 unspecified atom stereocenters. The lowest BCUT2D eigenvalue weighted by Crippen LogP contribution is -2.18. The maximum absolute atomic E-state index is 11.0. The first-order chi connectivity index (χ1) is 7.15. The molecule has 15 heavy (non-hydrogen) atoms. The largest absolute Gasteiger partial charge is 0.419 e. The van der Waals surface area contributed by atoms with Crippen molar-refractivity contribution in [3.8, 4) is 5.75 Å². The monoisotopic (exact) mass is 205 g/mol. The van der Waals surface area contributed by atoms with Gasteiger partial charge in [-0.05, 0) is 18.6 Å². The molecule has 1 amide bonds. The Balaban J connectivity index is 2.79. The molecule has 0 saturated carbocycles. The molecular weight excluding hydrogens is 198 g/mol. The Morgan fingerprint density at radius 1 is 1.33 bits per heavy atom. The fourth-order valence-corrected chi connectivity index (χ4v) is 0.902. The van der Waals surface area contributed by atoms with Crippen LogP contribution in [0.4, 0.5) is 0 Å². The summed E-state index contributed by atoms with van der Waals surface area (Å²) in [6.07, 6.45) is 0.973. The lowest BCUT2D eigenvalue weighted by atomic mass is 10.2. The van der Waals surface area contributed by atoms with Gasteiger partial charge in [0, 0.05) is 0 Å². The summed E-state index contributed by atoms with van der Waals surface area (Å²) in [6.45, 7) is 1.72. The fraction of sp³-hybridized carbons (Fsp3) is 0.100. The highest BCUT2D eigenvalue weighted by molar-refractivity contribution is 6.34. The second-order valence-electron chi connectivity index (χ2n) is 2.66. The third kappa shape index (κ3) is 2.86. The van der Waals surface area contributed by atoms with E-state index < -0.39 is 11.9 Å². The van der Waals surface area contributed by atoms with E-state index in [9.17, 15) is 14.4 Å². The van der Waals surface area contributed by atoms with Crippen LogP contribution in [-0.4, -0.2) is 18.0 Å². The standard InChI is InChI=1S/C10H7NO4/c1-7-4-2-3-5-8(7)15-10(14)9(13)11-6-12/h2-5H,1H3. The number of hydrogen-bond donors (Lipinski definition) is 0. The summed E-state index contributed by atoms with van der Waals surface area (Å²) >= 11 is 0. The van der Waals surface area contributed by atoms with Crippen molar-refractivity contribution in [1.29, 1.82) is 0 Å². The Hall–Kier alpha value is -2.26. The summed E-state index contributed by atoms with van der Waals surface area (Å²) in [7, 11) is 0. The first kappa shape index (κ1) is 10.8. The van der Waals surface area contributed by atoms with Gasteiger partial charge in [0.05, 0.1) is 0 Å². The normalized spacial score (nSPS) is 8.87. The molecule has 76 valence electrons. The van der Waals surface area contributed by atoms with E-state index in [1.165, 1.54) is 6.07 Å². The molecule has 0 fully saturated rings. The zero-order valence-electron chi connectivity index (χ0n) is 7.89. The second-order valence-corrected chi connectivity index (χ2v) is 2.66. The topological polar surface area (TPSA) is 72.8 Å². The van der Waals surface area contributed by atoms with Crippen molar-refractivity contribution in [3.63, 3.8) is 0 Å². The number of rotatable bonds is 1. The maximum Gasteiger partial charge on any atom is 0.405 e. The number of ether oxygens (including phenoxy) is 1. The summed E-state index contributed by atoms with van der Waals surface area (Å²) in [5, 5.41) is 0. The maximum atomic E-state index is 11.0. The molecule has 0 bridgehead atoms. The number of isocyanates is 1. The lowest BCUT2D eigenvalue weighted by Gasteiger charge is -2.03. The minimum absolute atomic E-state index is 0.261. The van der Waals surface area contributed by atoms with Crippen LogP contribution >= 0.6 is 0 Å². The number of aliphatic imine (C=N–C) groups is 1. The molecule has 5 heteroatoms. The van der Waals surface area contributed by atoms with Crippen LogP contribution in [-0.2, 0) is 14.4 Å². The molecule has 1 aromatic carbocycles. The molecule has 0 saturated heterocycles. The first-order valence-corrected chi connectivity index (χ1v) is 4.05. The van der Waals surface area contributed by atoms with E-state index in [-0.39, 0.29) is 5.75 Å². The molecule has 0 N–H and O–H groups in total. The molecule has 0 aliphatic rings. The average Bonchev–Trinajstić information content (AvgIpc) is 2.21. The van der Waals surface area contributed by atoms with Gasteiger partial charge < -0.3 is 4.74 Å². The van der Waals surface area contributed by atoms with Gasteiger partial charge in [-0.1, -0.05) is 18.2 Å². The average molecular weight is 205 g/mol. The molecule has 5 nitrogen and oxygen atoms in total. The number of nitrogens with zero attached hydrogens (tertiary/aromatic N) is 1. The van der Waals surface area contributed by atoms with Gasteiger partial charge in [0.25, 0.3) is 0 Å². The van der Waals surface area contributed by atoms with Crippen LogP contribution in [0.15, 0.2) is 29.3 Å². The number of carbonyl (C=O) groups is 2. The van der Waals surface area contributed by atoms with Crippen LogP contribution in [0.5, 0.6) is 5.75 Å². The Bertz CT molecular complexity index is 446. The van der Waals surface area contributed by atoms with Crippen LogP contribution < -0.4 is 4.74 Å². The molecule has 0 atom stereocenters. The summed E-state index contributed by atoms with van der Waals surface area (Å²) in [5.74, 6) is -2.21. The first-order valence-electron chi connectivity index (χ1n) is 4.05. The molecule has 0 aliphatic carbocycles. The fourth-order valence-electron chi connectivity index (χ4n) is 0.902. The molecule has 1 aromatic rings. The summed E-state index contributed by atoms with van der Waals surface area (Å²) < 4.78 is 4.70.